The number of hydrogen-bond acceptors (Lipinski definition) is 1. The molecule has 3 heteroatoms. The molecule has 0 bridgehead atoms. The van der Waals surface area contributed by atoms with E-state index in [1.165, 1.54) is 5.56 Å². The zero-order valence-electron chi connectivity index (χ0n) is 10.1. The maximum atomic E-state index is 6.12. The molecule has 0 fully saturated rings. The predicted octanol–water partition coefficient (Wildman–Crippen LogP) is 4.45. The lowest BCUT2D eigenvalue weighted by molar-refractivity contribution is 1.14. The van der Waals surface area contributed by atoms with Gasteiger partial charge < -0.3 is 4.98 Å². The fraction of sp³-hybridized carbons (Fsp3) is 0.133. The highest BCUT2D eigenvalue weighted by Crippen LogP contribution is 2.25. The number of halogens is 1. The lowest BCUT2D eigenvalue weighted by Gasteiger charge is -1.98. The molecule has 90 valence electrons. The van der Waals surface area contributed by atoms with E-state index in [0.29, 0.717) is 5.02 Å². The molecule has 0 aliphatic carbocycles. The molecule has 0 atom stereocenters. The van der Waals surface area contributed by atoms with Crippen molar-refractivity contribution in [2.24, 2.45) is 0 Å². The smallest absolute Gasteiger partial charge is 0.138 e. The highest BCUT2D eigenvalue weighted by atomic mass is 35.5. The van der Waals surface area contributed by atoms with Crippen LogP contribution in [0.5, 0.6) is 0 Å². The topological polar surface area (TPSA) is 28.7 Å². The van der Waals surface area contributed by atoms with Crippen LogP contribution < -0.4 is 0 Å². The normalized spacial score (nSPS) is 11.0. The maximum Gasteiger partial charge on any atom is 0.138 e. The van der Waals surface area contributed by atoms with Crippen molar-refractivity contribution in [2.45, 2.75) is 13.3 Å². The maximum absolute atomic E-state index is 6.12. The highest BCUT2D eigenvalue weighted by Gasteiger charge is 2.07. The summed E-state index contributed by atoms with van der Waals surface area (Å²) in [6, 6.07) is 14.2. The fourth-order valence-corrected chi connectivity index (χ4v) is 2.25. The first-order valence-corrected chi connectivity index (χ1v) is 6.39. The zero-order valence-corrected chi connectivity index (χ0v) is 10.8. The van der Waals surface area contributed by atoms with Gasteiger partial charge in [-0.05, 0) is 24.1 Å². The minimum absolute atomic E-state index is 0.681. The van der Waals surface area contributed by atoms with Crippen LogP contribution in [0.25, 0.3) is 22.4 Å². The Labute approximate surface area is 111 Å². The lowest BCUT2D eigenvalue weighted by atomic mass is 10.1. The molecule has 2 nitrogen and oxygen atoms in total. The Morgan fingerprint density at radius 2 is 1.89 bits per heavy atom. The van der Waals surface area contributed by atoms with Crippen LogP contribution >= 0.6 is 11.6 Å². The third kappa shape index (κ3) is 1.89. The number of H-pyrrole nitrogens is 1. The largest absolute Gasteiger partial charge is 0.338 e. The number of benzene rings is 2. The summed E-state index contributed by atoms with van der Waals surface area (Å²) in [4.78, 5) is 7.85. The Bertz CT molecular complexity index is 683. The minimum Gasteiger partial charge on any atom is -0.338 e. The summed E-state index contributed by atoms with van der Waals surface area (Å²) in [7, 11) is 0. The van der Waals surface area contributed by atoms with Gasteiger partial charge in [0.2, 0.25) is 0 Å². The summed E-state index contributed by atoms with van der Waals surface area (Å²) >= 11 is 6.12. The molecule has 3 rings (SSSR count). The van der Waals surface area contributed by atoms with E-state index in [4.69, 9.17) is 11.6 Å². The van der Waals surface area contributed by atoms with Crippen molar-refractivity contribution in [1.29, 1.82) is 0 Å². The molecule has 1 N–H and O–H groups in total. The number of nitrogens with one attached hydrogen (secondary N) is 1. The van der Waals surface area contributed by atoms with E-state index >= 15 is 0 Å². The van der Waals surface area contributed by atoms with Gasteiger partial charge in [-0.1, -0.05) is 48.9 Å². The number of imidazole rings is 1. The molecule has 0 unspecified atom stereocenters. The molecule has 3 aromatic rings. The van der Waals surface area contributed by atoms with Crippen LogP contribution in [0.3, 0.4) is 0 Å². The molecule has 18 heavy (non-hydrogen) atoms. The molecule has 0 saturated carbocycles. The number of aryl methyl sites for hydroxylation is 1. The van der Waals surface area contributed by atoms with Crippen LogP contribution in [0.2, 0.25) is 5.02 Å². The van der Waals surface area contributed by atoms with Crippen molar-refractivity contribution in [3.05, 3.63) is 53.1 Å². The molecule has 0 spiro atoms. The van der Waals surface area contributed by atoms with Crippen molar-refractivity contribution in [3.63, 3.8) is 0 Å². The first-order valence-electron chi connectivity index (χ1n) is 6.01. The zero-order chi connectivity index (χ0) is 12.5. The first kappa shape index (κ1) is 11.3. The third-order valence-corrected chi connectivity index (χ3v) is 3.40. The van der Waals surface area contributed by atoms with Crippen LogP contribution in [-0.2, 0) is 6.42 Å². The van der Waals surface area contributed by atoms with Gasteiger partial charge in [0.05, 0.1) is 10.5 Å². The van der Waals surface area contributed by atoms with Crippen LogP contribution in [0, 0.1) is 0 Å². The Morgan fingerprint density at radius 3 is 2.56 bits per heavy atom. The van der Waals surface area contributed by atoms with E-state index in [1.54, 1.807) is 0 Å². The van der Waals surface area contributed by atoms with Gasteiger partial charge in [0.1, 0.15) is 11.3 Å². The summed E-state index contributed by atoms with van der Waals surface area (Å²) in [5.74, 6) is 0.862. The summed E-state index contributed by atoms with van der Waals surface area (Å²) in [5, 5.41) is 0.681. The summed E-state index contributed by atoms with van der Waals surface area (Å²) in [6.07, 6.45) is 1.05. The number of fused-ring (bicyclic) bond motifs is 1. The van der Waals surface area contributed by atoms with Gasteiger partial charge >= 0.3 is 0 Å². The molecule has 0 saturated heterocycles. The van der Waals surface area contributed by atoms with Crippen LogP contribution in [0.15, 0.2) is 42.5 Å². The van der Waals surface area contributed by atoms with Crippen LogP contribution in [-0.4, -0.2) is 9.97 Å². The Morgan fingerprint density at radius 1 is 1.11 bits per heavy atom. The standard InChI is InChI=1S/C15H13ClN2/c1-2-10-6-8-11(9-7-10)15-17-13-5-3-4-12(16)14(13)18-15/h3-9H,2H2,1H3,(H,17,18). The van der Waals surface area contributed by atoms with Gasteiger partial charge in [0.15, 0.2) is 0 Å². The number of para-hydroxylation sites is 1. The summed E-state index contributed by atoms with van der Waals surface area (Å²) in [5.41, 5.74) is 4.21. The summed E-state index contributed by atoms with van der Waals surface area (Å²) < 4.78 is 0. The second-order valence-electron chi connectivity index (χ2n) is 4.27. The van der Waals surface area contributed by atoms with Crippen LogP contribution in [0.4, 0.5) is 0 Å². The molecule has 1 aromatic heterocycles. The number of hydrogen-bond donors (Lipinski definition) is 1. The quantitative estimate of drug-likeness (QED) is 0.721. The van der Waals surface area contributed by atoms with E-state index in [9.17, 15) is 0 Å². The van der Waals surface area contributed by atoms with E-state index in [2.05, 4.69) is 41.2 Å². The number of rotatable bonds is 2. The Kier molecular flexibility index (Phi) is 2.80. The number of aromatic amines is 1. The fourth-order valence-electron chi connectivity index (χ4n) is 2.03. The molecular formula is C15H13ClN2. The van der Waals surface area contributed by atoms with Crippen LogP contribution in [0.1, 0.15) is 12.5 Å². The number of nitrogens with zero attached hydrogens (tertiary/aromatic N) is 1. The molecular weight excluding hydrogens is 244 g/mol. The average Bonchev–Trinajstić information content (AvgIpc) is 2.84. The Balaban J connectivity index is 2.10. The van der Waals surface area contributed by atoms with Crippen molar-refractivity contribution < 1.29 is 0 Å². The van der Waals surface area contributed by atoms with Crippen molar-refractivity contribution in [2.75, 3.05) is 0 Å². The number of aromatic nitrogens is 2. The highest BCUT2D eigenvalue weighted by molar-refractivity contribution is 6.34. The predicted molar refractivity (Wildman–Crippen MR) is 75.9 cm³/mol. The minimum atomic E-state index is 0.681. The van der Waals surface area contributed by atoms with Gasteiger partial charge in [0.25, 0.3) is 0 Å². The van der Waals surface area contributed by atoms with Crippen molar-refractivity contribution in [3.8, 4) is 11.4 Å². The van der Waals surface area contributed by atoms with E-state index in [-0.39, 0.29) is 0 Å². The van der Waals surface area contributed by atoms with Gasteiger partial charge in [0, 0.05) is 5.56 Å². The van der Waals surface area contributed by atoms with Crippen molar-refractivity contribution >= 4 is 22.6 Å². The van der Waals surface area contributed by atoms with E-state index in [0.717, 1.165) is 28.8 Å². The average molecular weight is 257 g/mol. The van der Waals surface area contributed by atoms with Gasteiger partial charge in [-0.2, -0.15) is 0 Å². The second kappa shape index (κ2) is 4.46. The molecule has 0 amide bonds. The molecule has 1 heterocycles. The van der Waals surface area contributed by atoms with E-state index < -0.39 is 0 Å². The molecule has 2 aromatic carbocycles. The van der Waals surface area contributed by atoms with Gasteiger partial charge in [-0.3, -0.25) is 0 Å². The second-order valence-corrected chi connectivity index (χ2v) is 4.68. The first-order chi connectivity index (χ1) is 8.78. The van der Waals surface area contributed by atoms with Crippen molar-refractivity contribution in [1.82, 2.24) is 9.97 Å². The molecule has 0 aliphatic rings. The monoisotopic (exact) mass is 256 g/mol. The van der Waals surface area contributed by atoms with E-state index in [1.807, 2.05) is 18.2 Å². The SMILES string of the molecule is CCc1ccc(-c2nc3c(Cl)cccc3[nH]2)cc1. The Hall–Kier alpha value is -1.80. The van der Waals surface area contributed by atoms with Gasteiger partial charge in [-0.15, -0.1) is 0 Å². The lowest BCUT2D eigenvalue weighted by Crippen LogP contribution is -1.82. The third-order valence-electron chi connectivity index (χ3n) is 3.10. The summed E-state index contributed by atoms with van der Waals surface area (Å²) in [6.45, 7) is 2.15. The van der Waals surface area contributed by atoms with Gasteiger partial charge in [-0.25, -0.2) is 4.98 Å². The molecule has 0 aliphatic heterocycles. The molecule has 0 radical (unpaired) electrons.